The zero-order chi connectivity index (χ0) is 23.7. The van der Waals surface area contributed by atoms with E-state index in [9.17, 15) is 14.1 Å². The predicted octanol–water partition coefficient (Wildman–Crippen LogP) is 2.91. The third kappa shape index (κ3) is 7.63. The number of carbonyl (C=O) groups excluding carboxylic acids is 2. The fraction of sp³-hybridized carbons (Fsp3) is 0.417. The summed E-state index contributed by atoms with van der Waals surface area (Å²) in [5, 5.41) is 5.72. The van der Waals surface area contributed by atoms with Crippen molar-refractivity contribution < 1.29 is 14.1 Å². The van der Waals surface area contributed by atoms with Gasteiger partial charge in [0.05, 0.1) is 11.4 Å². The molecule has 32 heavy (non-hydrogen) atoms. The molecule has 8 heteroatoms. The lowest BCUT2D eigenvalue weighted by Gasteiger charge is -2.25. The highest BCUT2D eigenvalue weighted by molar-refractivity contribution is 7.91. The maximum atomic E-state index is 13.5. The maximum Gasteiger partial charge on any atom is 0.225 e. The van der Waals surface area contributed by atoms with E-state index in [2.05, 4.69) is 10.6 Å². The molecule has 0 spiro atoms. The second kappa shape index (κ2) is 12.0. The molecule has 0 saturated heterocycles. The summed E-state index contributed by atoms with van der Waals surface area (Å²) < 4.78 is 13.5. The summed E-state index contributed by atoms with van der Waals surface area (Å²) in [6.07, 6.45) is 0.885. The molecule has 2 rings (SSSR count). The van der Waals surface area contributed by atoms with Gasteiger partial charge in [-0.15, -0.1) is 0 Å². The number of nitrogens with two attached hydrogens (primary N) is 2. The van der Waals surface area contributed by atoms with Crippen molar-refractivity contribution in [3.8, 4) is 0 Å². The van der Waals surface area contributed by atoms with E-state index in [4.69, 9.17) is 11.5 Å². The minimum atomic E-state index is -1.47. The van der Waals surface area contributed by atoms with Gasteiger partial charge >= 0.3 is 0 Å². The molecule has 0 aliphatic rings. The fourth-order valence-electron chi connectivity index (χ4n) is 3.14. The van der Waals surface area contributed by atoms with Crippen LogP contribution in [0.1, 0.15) is 44.7 Å². The first kappa shape index (κ1) is 25.9. The molecule has 2 aromatic carbocycles. The first-order chi connectivity index (χ1) is 15.2. The van der Waals surface area contributed by atoms with Gasteiger partial charge in [0.25, 0.3) is 0 Å². The number of hydrogen-bond donors (Lipinski definition) is 4. The molecule has 0 heterocycles. The minimum Gasteiger partial charge on any atom is -0.611 e. The number of benzene rings is 2. The summed E-state index contributed by atoms with van der Waals surface area (Å²) in [4.78, 5) is 25.1. The van der Waals surface area contributed by atoms with Crippen LogP contribution in [0.15, 0.2) is 47.4 Å². The average Bonchev–Trinajstić information content (AvgIpc) is 2.72. The van der Waals surface area contributed by atoms with Gasteiger partial charge in [0.15, 0.2) is 4.90 Å². The van der Waals surface area contributed by atoms with Crippen LogP contribution in [-0.2, 0) is 32.6 Å². The first-order valence-electron chi connectivity index (χ1n) is 10.8. The Morgan fingerprint density at radius 2 is 1.44 bits per heavy atom. The molecular formula is C24H34N4O3S. The van der Waals surface area contributed by atoms with E-state index in [0.29, 0.717) is 28.4 Å². The molecule has 0 aliphatic carbocycles. The fourth-order valence-corrected chi connectivity index (χ4v) is 4.47. The molecule has 1 unspecified atom stereocenters. The van der Waals surface area contributed by atoms with Crippen molar-refractivity contribution >= 4 is 34.4 Å². The molecule has 2 aromatic rings. The van der Waals surface area contributed by atoms with Crippen molar-refractivity contribution in [3.05, 3.63) is 53.6 Å². The van der Waals surface area contributed by atoms with Crippen LogP contribution in [0.5, 0.6) is 0 Å². The SMILES string of the molecule is CC(C)(C)c1cc(NC(=O)CCN)c([S+]([O-])CCc2ccccc2)c(NC(=O)CCN)c1. The van der Waals surface area contributed by atoms with Crippen LogP contribution in [0.25, 0.3) is 0 Å². The van der Waals surface area contributed by atoms with Crippen LogP contribution < -0.4 is 22.1 Å². The van der Waals surface area contributed by atoms with Crippen molar-refractivity contribution in [2.45, 2.75) is 50.3 Å². The standard InChI is InChI=1S/C24H34N4O3S/c1-24(2,3)18-15-19(27-21(29)9-12-25)23(20(16-18)28-22(30)10-13-26)32(31)14-11-17-7-5-4-6-8-17/h4-8,15-16H,9-14,25-26H2,1-3H3,(H,27,29)(H,28,30). The normalized spacial score (nSPS) is 12.3. The number of amides is 2. The Morgan fingerprint density at radius 3 is 1.88 bits per heavy atom. The van der Waals surface area contributed by atoms with Crippen LogP contribution >= 0.6 is 0 Å². The highest BCUT2D eigenvalue weighted by atomic mass is 32.2. The lowest BCUT2D eigenvalue weighted by molar-refractivity contribution is -0.116. The number of hydrogen-bond acceptors (Lipinski definition) is 5. The van der Waals surface area contributed by atoms with E-state index < -0.39 is 11.2 Å². The number of aryl methyl sites for hydroxylation is 1. The van der Waals surface area contributed by atoms with E-state index in [1.54, 1.807) is 0 Å². The third-order valence-electron chi connectivity index (χ3n) is 4.89. The number of nitrogens with one attached hydrogen (secondary N) is 2. The van der Waals surface area contributed by atoms with Crippen LogP contribution in [0.4, 0.5) is 11.4 Å². The van der Waals surface area contributed by atoms with Gasteiger partial charge in [-0.2, -0.15) is 0 Å². The van der Waals surface area contributed by atoms with Gasteiger partial charge in [0.1, 0.15) is 5.75 Å². The lowest BCUT2D eigenvalue weighted by atomic mass is 9.86. The van der Waals surface area contributed by atoms with Gasteiger partial charge in [-0.1, -0.05) is 51.1 Å². The maximum absolute atomic E-state index is 13.5. The molecule has 1 atom stereocenters. The van der Waals surface area contributed by atoms with Crippen molar-refractivity contribution in [2.75, 3.05) is 29.5 Å². The smallest absolute Gasteiger partial charge is 0.225 e. The van der Waals surface area contributed by atoms with E-state index in [-0.39, 0.29) is 43.2 Å². The van der Waals surface area contributed by atoms with Gasteiger partial charge in [-0.25, -0.2) is 0 Å². The number of anilines is 2. The Hall–Kier alpha value is -2.39. The summed E-state index contributed by atoms with van der Waals surface area (Å²) in [5.41, 5.74) is 13.6. The molecule has 0 fully saturated rings. The Balaban J connectivity index is 2.50. The second-order valence-electron chi connectivity index (χ2n) is 8.61. The van der Waals surface area contributed by atoms with E-state index in [0.717, 1.165) is 11.1 Å². The molecule has 2 amide bonds. The third-order valence-corrected chi connectivity index (χ3v) is 6.36. The van der Waals surface area contributed by atoms with Crippen LogP contribution in [-0.4, -0.2) is 35.2 Å². The Morgan fingerprint density at radius 1 is 0.938 bits per heavy atom. The number of carbonyl (C=O) groups is 2. The van der Waals surface area contributed by atoms with Crippen molar-refractivity contribution in [1.29, 1.82) is 0 Å². The Labute approximate surface area is 193 Å². The molecule has 6 N–H and O–H groups in total. The molecule has 174 valence electrons. The summed E-state index contributed by atoms with van der Waals surface area (Å²) in [7, 11) is 0. The molecule has 0 aromatic heterocycles. The molecule has 0 aliphatic heterocycles. The monoisotopic (exact) mass is 458 g/mol. The summed E-state index contributed by atoms with van der Waals surface area (Å²) >= 11 is -1.47. The molecule has 7 nitrogen and oxygen atoms in total. The second-order valence-corrected chi connectivity index (χ2v) is 10.1. The van der Waals surface area contributed by atoms with Gasteiger partial charge in [0.2, 0.25) is 11.8 Å². The van der Waals surface area contributed by atoms with Crippen LogP contribution in [0.3, 0.4) is 0 Å². The number of rotatable bonds is 10. The lowest BCUT2D eigenvalue weighted by Crippen LogP contribution is -2.24. The largest absolute Gasteiger partial charge is 0.611 e. The zero-order valence-electron chi connectivity index (χ0n) is 19.1. The van der Waals surface area contributed by atoms with E-state index in [1.165, 1.54) is 0 Å². The molecular weight excluding hydrogens is 424 g/mol. The summed E-state index contributed by atoms with van der Waals surface area (Å²) in [6.45, 7) is 6.51. The van der Waals surface area contributed by atoms with E-state index in [1.807, 2.05) is 63.2 Å². The predicted molar refractivity (Wildman–Crippen MR) is 131 cm³/mol. The first-order valence-corrected chi connectivity index (χ1v) is 12.1. The topological polar surface area (TPSA) is 133 Å². The Kier molecular flexibility index (Phi) is 9.71. The van der Waals surface area contributed by atoms with Gasteiger partial charge in [-0.05, 0) is 39.9 Å². The molecule has 0 bridgehead atoms. The quantitative estimate of drug-likeness (QED) is 0.406. The average molecular weight is 459 g/mol. The summed E-state index contributed by atoms with van der Waals surface area (Å²) in [6, 6.07) is 13.4. The van der Waals surface area contributed by atoms with Gasteiger partial charge in [-0.3, -0.25) is 9.59 Å². The highest BCUT2D eigenvalue weighted by Crippen LogP contribution is 2.37. The van der Waals surface area contributed by atoms with Crippen molar-refractivity contribution in [1.82, 2.24) is 0 Å². The van der Waals surface area contributed by atoms with Crippen molar-refractivity contribution in [2.24, 2.45) is 11.5 Å². The van der Waals surface area contributed by atoms with E-state index >= 15 is 0 Å². The van der Waals surface area contributed by atoms with Gasteiger partial charge < -0.3 is 26.7 Å². The van der Waals surface area contributed by atoms with Gasteiger partial charge in [0, 0.05) is 32.4 Å². The molecule has 0 saturated carbocycles. The van der Waals surface area contributed by atoms with Crippen LogP contribution in [0.2, 0.25) is 0 Å². The highest BCUT2D eigenvalue weighted by Gasteiger charge is 2.27. The van der Waals surface area contributed by atoms with Crippen LogP contribution in [0, 0.1) is 0 Å². The van der Waals surface area contributed by atoms with Crippen molar-refractivity contribution in [3.63, 3.8) is 0 Å². The minimum absolute atomic E-state index is 0.144. The molecule has 0 radical (unpaired) electrons. The summed E-state index contributed by atoms with van der Waals surface area (Å²) in [5.74, 6) is -0.184. The zero-order valence-corrected chi connectivity index (χ0v) is 19.9. The Bertz CT molecular complexity index is 872.